The summed E-state index contributed by atoms with van der Waals surface area (Å²) in [7, 11) is 0. The molecule has 3 nitrogen and oxygen atoms in total. The second-order valence-corrected chi connectivity index (χ2v) is 6.90. The van der Waals surface area contributed by atoms with Crippen LogP contribution in [0.5, 0.6) is 0 Å². The van der Waals surface area contributed by atoms with Crippen LogP contribution < -0.4 is 4.80 Å². The van der Waals surface area contributed by atoms with Gasteiger partial charge in [0.15, 0.2) is 4.80 Å². The number of hydrogen-bond donors (Lipinski definition) is 0. The molecular formula is C18H18BrN3S. The predicted octanol–water partition coefficient (Wildman–Crippen LogP) is 5.41. The fourth-order valence-electron chi connectivity index (χ4n) is 2.37. The lowest BCUT2D eigenvalue weighted by atomic mass is 10.1. The first-order valence-electron chi connectivity index (χ1n) is 7.67. The van der Waals surface area contributed by atoms with Crippen LogP contribution in [-0.2, 0) is 6.54 Å². The number of halogens is 1. The highest BCUT2D eigenvalue weighted by Gasteiger charge is 2.10. The normalized spacial score (nSPS) is 11.8. The molecule has 0 fully saturated rings. The standard InChI is InChI=1S/C18H18BrN3S/c1-2-3-11-22-17(15-8-4-5-9-16(15)19)13-23-18(22)21-14-7-6-10-20-12-14/h4-10,12-13H,2-3,11H2,1H3. The molecule has 2 heterocycles. The van der Waals surface area contributed by atoms with Crippen molar-refractivity contribution in [3.8, 4) is 11.3 Å². The van der Waals surface area contributed by atoms with Crippen molar-refractivity contribution in [1.82, 2.24) is 9.55 Å². The zero-order chi connectivity index (χ0) is 16.1. The minimum atomic E-state index is 0.887. The summed E-state index contributed by atoms with van der Waals surface area (Å²) < 4.78 is 3.41. The highest BCUT2D eigenvalue weighted by Crippen LogP contribution is 2.28. The van der Waals surface area contributed by atoms with Crippen LogP contribution in [0.1, 0.15) is 19.8 Å². The van der Waals surface area contributed by atoms with E-state index in [2.05, 4.69) is 56.0 Å². The van der Waals surface area contributed by atoms with Crippen molar-refractivity contribution in [2.75, 3.05) is 0 Å². The van der Waals surface area contributed by atoms with E-state index in [1.165, 1.54) is 11.3 Å². The molecule has 23 heavy (non-hydrogen) atoms. The van der Waals surface area contributed by atoms with Gasteiger partial charge in [-0.2, -0.15) is 0 Å². The first kappa shape index (κ1) is 16.1. The lowest BCUT2D eigenvalue weighted by Crippen LogP contribution is -2.16. The predicted molar refractivity (Wildman–Crippen MR) is 99.8 cm³/mol. The van der Waals surface area contributed by atoms with E-state index in [0.29, 0.717) is 0 Å². The van der Waals surface area contributed by atoms with E-state index in [9.17, 15) is 0 Å². The van der Waals surface area contributed by atoms with Crippen LogP contribution in [0.4, 0.5) is 5.69 Å². The molecule has 3 aromatic rings. The molecule has 0 atom stereocenters. The number of nitrogens with zero attached hydrogens (tertiary/aromatic N) is 3. The number of pyridine rings is 1. The smallest absolute Gasteiger partial charge is 0.190 e. The molecule has 0 bridgehead atoms. The summed E-state index contributed by atoms with van der Waals surface area (Å²) in [5.41, 5.74) is 3.30. The highest BCUT2D eigenvalue weighted by atomic mass is 79.9. The van der Waals surface area contributed by atoms with Crippen LogP contribution in [0.2, 0.25) is 0 Å². The van der Waals surface area contributed by atoms with Crippen LogP contribution in [-0.4, -0.2) is 9.55 Å². The van der Waals surface area contributed by atoms with E-state index in [0.717, 1.165) is 34.3 Å². The van der Waals surface area contributed by atoms with Crippen molar-refractivity contribution in [3.05, 3.63) is 63.4 Å². The van der Waals surface area contributed by atoms with Gasteiger partial charge in [0.2, 0.25) is 0 Å². The van der Waals surface area contributed by atoms with Gasteiger partial charge in [0.1, 0.15) is 0 Å². The number of aromatic nitrogens is 2. The zero-order valence-electron chi connectivity index (χ0n) is 12.9. The lowest BCUT2D eigenvalue weighted by molar-refractivity contribution is 0.623. The molecule has 0 N–H and O–H groups in total. The Balaban J connectivity index is 2.12. The summed E-state index contributed by atoms with van der Waals surface area (Å²) in [5.74, 6) is 0. The van der Waals surface area contributed by atoms with E-state index in [1.54, 1.807) is 23.7 Å². The maximum absolute atomic E-state index is 4.77. The molecule has 0 radical (unpaired) electrons. The Morgan fingerprint density at radius 3 is 2.83 bits per heavy atom. The van der Waals surface area contributed by atoms with Gasteiger partial charge in [-0.3, -0.25) is 4.98 Å². The number of hydrogen-bond acceptors (Lipinski definition) is 3. The Labute approximate surface area is 148 Å². The Kier molecular flexibility index (Phi) is 5.41. The summed E-state index contributed by atoms with van der Waals surface area (Å²) in [6, 6.07) is 12.2. The van der Waals surface area contributed by atoms with Gasteiger partial charge in [-0.05, 0) is 24.6 Å². The van der Waals surface area contributed by atoms with E-state index < -0.39 is 0 Å². The zero-order valence-corrected chi connectivity index (χ0v) is 15.3. The van der Waals surface area contributed by atoms with Crippen molar-refractivity contribution in [2.24, 2.45) is 4.99 Å². The van der Waals surface area contributed by atoms with Crippen LogP contribution in [0, 0.1) is 0 Å². The van der Waals surface area contributed by atoms with Gasteiger partial charge in [-0.25, -0.2) is 4.99 Å². The Morgan fingerprint density at radius 1 is 1.22 bits per heavy atom. The minimum absolute atomic E-state index is 0.887. The Bertz CT molecular complexity index is 837. The third-order valence-electron chi connectivity index (χ3n) is 3.55. The molecule has 2 aromatic heterocycles. The first-order chi connectivity index (χ1) is 11.3. The van der Waals surface area contributed by atoms with Crippen molar-refractivity contribution in [1.29, 1.82) is 0 Å². The van der Waals surface area contributed by atoms with Gasteiger partial charge < -0.3 is 4.57 Å². The molecule has 0 aliphatic heterocycles. The largest absolute Gasteiger partial charge is 0.316 e. The molecule has 0 amide bonds. The number of rotatable bonds is 5. The average molecular weight is 388 g/mol. The van der Waals surface area contributed by atoms with Gasteiger partial charge in [0, 0.05) is 28.2 Å². The van der Waals surface area contributed by atoms with E-state index in [4.69, 9.17) is 4.99 Å². The SMILES string of the molecule is CCCCn1c(-c2ccccc2Br)csc1=Nc1cccnc1. The van der Waals surface area contributed by atoms with Gasteiger partial charge in [0.25, 0.3) is 0 Å². The second-order valence-electron chi connectivity index (χ2n) is 5.21. The molecular weight excluding hydrogens is 370 g/mol. The van der Waals surface area contributed by atoms with Crippen molar-refractivity contribution in [3.63, 3.8) is 0 Å². The van der Waals surface area contributed by atoms with Crippen LogP contribution >= 0.6 is 27.3 Å². The number of unbranched alkanes of at least 4 members (excludes halogenated alkanes) is 1. The van der Waals surface area contributed by atoms with E-state index >= 15 is 0 Å². The van der Waals surface area contributed by atoms with E-state index in [-0.39, 0.29) is 0 Å². The number of benzene rings is 1. The molecule has 0 unspecified atom stereocenters. The van der Waals surface area contributed by atoms with Crippen molar-refractivity contribution < 1.29 is 0 Å². The van der Waals surface area contributed by atoms with Crippen molar-refractivity contribution >= 4 is 33.0 Å². The van der Waals surface area contributed by atoms with E-state index in [1.807, 2.05) is 18.2 Å². The average Bonchev–Trinajstić information content (AvgIpc) is 2.97. The summed E-state index contributed by atoms with van der Waals surface area (Å²) in [6.07, 6.45) is 5.85. The quantitative estimate of drug-likeness (QED) is 0.575. The summed E-state index contributed by atoms with van der Waals surface area (Å²) in [5, 5.41) is 2.19. The summed E-state index contributed by atoms with van der Waals surface area (Å²) >= 11 is 5.33. The fourth-order valence-corrected chi connectivity index (χ4v) is 3.80. The maximum Gasteiger partial charge on any atom is 0.190 e. The van der Waals surface area contributed by atoms with Gasteiger partial charge >= 0.3 is 0 Å². The molecule has 0 saturated carbocycles. The third kappa shape index (κ3) is 3.79. The molecule has 0 aliphatic rings. The topological polar surface area (TPSA) is 30.2 Å². The van der Waals surface area contributed by atoms with Crippen molar-refractivity contribution in [2.45, 2.75) is 26.3 Å². The fraction of sp³-hybridized carbons (Fsp3) is 0.222. The molecule has 118 valence electrons. The molecule has 0 spiro atoms. The highest BCUT2D eigenvalue weighted by molar-refractivity contribution is 9.10. The number of thiazole rings is 1. The third-order valence-corrected chi connectivity index (χ3v) is 5.11. The first-order valence-corrected chi connectivity index (χ1v) is 9.35. The monoisotopic (exact) mass is 387 g/mol. The van der Waals surface area contributed by atoms with Crippen LogP contribution in [0.15, 0.2) is 63.6 Å². The van der Waals surface area contributed by atoms with Gasteiger partial charge in [-0.15, -0.1) is 11.3 Å². The molecule has 1 aromatic carbocycles. The van der Waals surface area contributed by atoms with Gasteiger partial charge in [-0.1, -0.05) is 47.5 Å². The molecule has 3 rings (SSSR count). The molecule has 0 aliphatic carbocycles. The minimum Gasteiger partial charge on any atom is -0.316 e. The maximum atomic E-state index is 4.77. The summed E-state index contributed by atoms with van der Waals surface area (Å²) in [6.45, 7) is 3.18. The Morgan fingerprint density at radius 2 is 2.09 bits per heavy atom. The molecule has 0 saturated heterocycles. The second kappa shape index (κ2) is 7.70. The van der Waals surface area contributed by atoms with Gasteiger partial charge in [0.05, 0.1) is 17.6 Å². The molecule has 5 heteroatoms. The Hall–Kier alpha value is -1.72. The van der Waals surface area contributed by atoms with Crippen LogP contribution in [0.25, 0.3) is 11.3 Å². The summed E-state index contributed by atoms with van der Waals surface area (Å²) in [4.78, 5) is 9.93. The lowest BCUT2D eigenvalue weighted by Gasteiger charge is -2.10. The van der Waals surface area contributed by atoms with Crippen LogP contribution in [0.3, 0.4) is 0 Å².